The maximum absolute atomic E-state index is 12.2. The van der Waals surface area contributed by atoms with Crippen LogP contribution in [-0.2, 0) is 0 Å². The summed E-state index contributed by atoms with van der Waals surface area (Å²) in [5.74, 6) is -0.0712. The third-order valence-electron chi connectivity index (χ3n) is 3.69. The number of halogens is 3. The number of urea groups is 1. The van der Waals surface area contributed by atoms with Crippen LogP contribution in [0.2, 0.25) is 0 Å². The van der Waals surface area contributed by atoms with Crippen molar-refractivity contribution in [2.24, 2.45) is 5.73 Å². The fourth-order valence-electron chi connectivity index (χ4n) is 2.47. The summed E-state index contributed by atoms with van der Waals surface area (Å²) in [4.78, 5) is 15.9. The SMILES string of the molecule is N=C(N)c1ccn2c(-c3cccc(NC(=O)NCC(F)(F)F)c3)cnc2c1. The van der Waals surface area contributed by atoms with Crippen molar-refractivity contribution in [3.05, 3.63) is 54.4 Å². The molecule has 0 atom stereocenters. The number of anilines is 1. The molecule has 0 saturated carbocycles. The van der Waals surface area contributed by atoms with Crippen molar-refractivity contribution in [2.45, 2.75) is 6.18 Å². The maximum Gasteiger partial charge on any atom is 0.405 e. The van der Waals surface area contributed by atoms with Crippen LogP contribution in [0.3, 0.4) is 0 Å². The summed E-state index contributed by atoms with van der Waals surface area (Å²) < 4.78 is 38.2. The number of pyridine rings is 1. The summed E-state index contributed by atoms with van der Waals surface area (Å²) in [6.07, 6.45) is -1.15. The average Bonchev–Trinajstić information content (AvgIpc) is 3.03. The Bertz CT molecular complexity index is 1010. The molecule has 10 heteroatoms. The second-order valence-corrected chi connectivity index (χ2v) is 5.70. The van der Waals surface area contributed by atoms with Crippen molar-refractivity contribution in [2.75, 3.05) is 11.9 Å². The number of carbonyl (C=O) groups excluding carboxylic acids is 1. The molecule has 0 saturated heterocycles. The first-order valence-electron chi connectivity index (χ1n) is 7.76. The molecular formula is C17H15F3N6O. The first-order chi connectivity index (χ1) is 12.7. The lowest BCUT2D eigenvalue weighted by atomic mass is 10.1. The molecule has 3 aromatic rings. The fourth-order valence-corrected chi connectivity index (χ4v) is 2.47. The molecule has 0 fully saturated rings. The monoisotopic (exact) mass is 376 g/mol. The minimum absolute atomic E-state index is 0.0712. The Balaban J connectivity index is 1.82. The van der Waals surface area contributed by atoms with Gasteiger partial charge in [0.2, 0.25) is 0 Å². The number of alkyl halides is 3. The van der Waals surface area contributed by atoms with Gasteiger partial charge >= 0.3 is 12.2 Å². The molecule has 0 aliphatic carbocycles. The van der Waals surface area contributed by atoms with E-state index in [1.165, 1.54) is 0 Å². The number of imidazole rings is 1. The van der Waals surface area contributed by atoms with Gasteiger partial charge < -0.3 is 16.4 Å². The van der Waals surface area contributed by atoms with Gasteiger partial charge in [-0.25, -0.2) is 9.78 Å². The molecule has 5 N–H and O–H groups in total. The Morgan fingerprint density at radius 1 is 1.26 bits per heavy atom. The van der Waals surface area contributed by atoms with Gasteiger partial charge in [-0.3, -0.25) is 9.81 Å². The quantitative estimate of drug-likeness (QED) is 0.415. The van der Waals surface area contributed by atoms with Crippen molar-refractivity contribution in [1.82, 2.24) is 14.7 Å². The van der Waals surface area contributed by atoms with Crippen LogP contribution in [-0.4, -0.2) is 34.0 Å². The number of benzene rings is 1. The van der Waals surface area contributed by atoms with E-state index in [4.69, 9.17) is 11.1 Å². The van der Waals surface area contributed by atoms with E-state index in [0.29, 0.717) is 28.2 Å². The van der Waals surface area contributed by atoms with E-state index in [1.54, 1.807) is 58.5 Å². The zero-order chi connectivity index (χ0) is 19.6. The van der Waals surface area contributed by atoms with Crippen molar-refractivity contribution >= 4 is 23.2 Å². The van der Waals surface area contributed by atoms with Crippen molar-refractivity contribution in [3.8, 4) is 11.3 Å². The van der Waals surface area contributed by atoms with Crippen LogP contribution in [0.15, 0.2) is 48.8 Å². The van der Waals surface area contributed by atoms with Gasteiger partial charge in [-0.15, -0.1) is 0 Å². The van der Waals surface area contributed by atoms with E-state index in [9.17, 15) is 18.0 Å². The second kappa shape index (κ2) is 6.98. The van der Waals surface area contributed by atoms with Crippen LogP contribution in [0.4, 0.5) is 23.7 Å². The molecule has 27 heavy (non-hydrogen) atoms. The molecule has 0 unspecified atom stereocenters. The smallest absolute Gasteiger partial charge is 0.384 e. The molecule has 1 aromatic carbocycles. The minimum Gasteiger partial charge on any atom is -0.384 e. The molecule has 0 spiro atoms. The summed E-state index contributed by atoms with van der Waals surface area (Å²) in [5, 5.41) is 11.6. The number of nitrogens with two attached hydrogens (primary N) is 1. The number of amides is 2. The van der Waals surface area contributed by atoms with Gasteiger partial charge in [0.05, 0.1) is 11.9 Å². The molecule has 3 rings (SSSR count). The highest BCUT2D eigenvalue weighted by atomic mass is 19.4. The number of carbonyl (C=O) groups is 1. The van der Waals surface area contributed by atoms with Crippen LogP contribution in [0.5, 0.6) is 0 Å². The van der Waals surface area contributed by atoms with Gasteiger partial charge in [-0.2, -0.15) is 13.2 Å². The predicted molar refractivity (Wildman–Crippen MR) is 94.7 cm³/mol. The van der Waals surface area contributed by atoms with Gasteiger partial charge in [0.1, 0.15) is 18.0 Å². The predicted octanol–water partition coefficient (Wildman–Crippen LogP) is 2.97. The fraction of sp³-hybridized carbons (Fsp3) is 0.118. The zero-order valence-corrected chi connectivity index (χ0v) is 13.8. The number of fused-ring (bicyclic) bond motifs is 1. The average molecular weight is 376 g/mol. The molecule has 0 aliphatic heterocycles. The van der Waals surface area contributed by atoms with Crippen LogP contribution in [0, 0.1) is 5.41 Å². The van der Waals surface area contributed by atoms with E-state index >= 15 is 0 Å². The number of aromatic nitrogens is 2. The first kappa shape index (κ1) is 18.2. The molecule has 2 heterocycles. The number of hydrogen-bond acceptors (Lipinski definition) is 3. The molecule has 2 amide bonds. The van der Waals surface area contributed by atoms with E-state index in [-0.39, 0.29) is 5.84 Å². The number of hydrogen-bond donors (Lipinski definition) is 4. The molecule has 2 aromatic heterocycles. The van der Waals surface area contributed by atoms with Gasteiger partial charge in [-0.05, 0) is 24.3 Å². The molecule has 0 aliphatic rings. The standard InChI is InChI=1S/C17H15F3N6O/c18-17(19,20)9-24-16(27)25-12-3-1-2-10(6-12)13-8-23-14-7-11(15(21)22)4-5-26(13)14/h1-8H,9H2,(H3,21,22)(H2,24,25,27). The van der Waals surface area contributed by atoms with Gasteiger partial charge in [0.15, 0.2) is 0 Å². The normalized spacial score (nSPS) is 11.4. The Morgan fingerprint density at radius 3 is 2.74 bits per heavy atom. The highest BCUT2D eigenvalue weighted by molar-refractivity contribution is 5.96. The van der Waals surface area contributed by atoms with Crippen molar-refractivity contribution in [3.63, 3.8) is 0 Å². The first-order valence-corrected chi connectivity index (χ1v) is 7.76. The Labute approximate surface area is 151 Å². The summed E-state index contributed by atoms with van der Waals surface area (Å²) in [6, 6.07) is 9.02. The largest absolute Gasteiger partial charge is 0.405 e. The Kier molecular flexibility index (Phi) is 4.72. The van der Waals surface area contributed by atoms with E-state index in [0.717, 1.165) is 0 Å². The summed E-state index contributed by atoms with van der Waals surface area (Å²) >= 11 is 0. The topological polar surface area (TPSA) is 108 Å². The molecule has 0 bridgehead atoms. The zero-order valence-electron chi connectivity index (χ0n) is 13.8. The summed E-state index contributed by atoms with van der Waals surface area (Å²) in [5.41, 5.74) is 8.33. The number of nitrogen functional groups attached to an aromatic ring is 1. The highest BCUT2D eigenvalue weighted by Crippen LogP contribution is 2.24. The van der Waals surface area contributed by atoms with E-state index < -0.39 is 18.8 Å². The van der Waals surface area contributed by atoms with E-state index in [1.807, 2.05) is 0 Å². The Morgan fingerprint density at radius 2 is 2.04 bits per heavy atom. The lowest BCUT2D eigenvalue weighted by molar-refractivity contribution is -0.122. The van der Waals surface area contributed by atoms with Crippen molar-refractivity contribution < 1.29 is 18.0 Å². The number of nitrogens with one attached hydrogen (secondary N) is 3. The minimum atomic E-state index is -4.48. The lowest BCUT2D eigenvalue weighted by Gasteiger charge is -2.11. The third-order valence-corrected chi connectivity index (χ3v) is 3.69. The van der Waals surface area contributed by atoms with Crippen LogP contribution < -0.4 is 16.4 Å². The second-order valence-electron chi connectivity index (χ2n) is 5.70. The van der Waals surface area contributed by atoms with Gasteiger partial charge in [0, 0.05) is 23.0 Å². The number of nitrogens with zero attached hydrogens (tertiary/aromatic N) is 2. The Hall–Kier alpha value is -3.56. The van der Waals surface area contributed by atoms with Gasteiger partial charge in [-0.1, -0.05) is 12.1 Å². The van der Waals surface area contributed by atoms with Crippen molar-refractivity contribution in [1.29, 1.82) is 5.41 Å². The summed E-state index contributed by atoms with van der Waals surface area (Å²) in [7, 11) is 0. The lowest BCUT2D eigenvalue weighted by Crippen LogP contribution is -2.36. The molecule has 140 valence electrons. The summed E-state index contributed by atoms with van der Waals surface area (Å²) in [6.45, 7) is -1.41. The van der Waals surface area contributed by atoms with Crippen LogP contribution in [0.25, 0.3) is 16.9 Å². The molecule has 0 radical (unpaired) electrons. The maximum atomic E-state index is 12.2. The third kappa shape index (κ3) is 4.35. The number of amidine groups is 1. The van der Waals surface area contributed by atoms with Crippen LogP contribution >= 0.6 is 0 Å². The van der Waals surface area contributed by atoms with Crippen LogP contribution in [0.1, 0.15) is 5.56 Å². The number of rotatable bonds is 4. The van der Waals surface area contributed by atoms with Gasteiger partial charge in [0.25, 0.3) is 0 Å². The molecular weight excluding hydrogens is 361 g/mol. The molecule has 7 nitrogen and oxygen atoms in total. The highest BCUT2D eigenvalue weighted by Gasteiger charge is 2.27. The van der Waals surface area contributed by atoms with E-state index in [2.05, 4.69) is 10.3 Å².